The molecule has 0 atom stereocenters. The maximum Gasteiger partial charge on any atom is 0.128 e. The van der Waals surface area contributed by atoms with Crippen LogP contribution in [0.15, 0.2) is 36.5 Å². The van der Waals surface area contributed by atoms with E-state index >= 15 is 0 Å². The van der Waals surface area contributed by atoms with Crippen molar-refractivity contribution in [3.63, 3.8) is 0 Å². The maximum atomic E-state index is 13.2. The van der Waals surface area contributed by atoms with Crippen molar-refractivity contribution < 1.29 is 9.13 Å². The lowest BCUT2D eigenvalue weighted by molar-refractivity contribution is 0.415. The summed E-state index contributed by atoms with van der Waals surface area (Å²) in [6, 6.07) is 7.64. The Bertz CT molecular complexity index is 514. The van der Waals surface area contributed by atoms with Crippen molar-refractivity contribution in [1.29, 1.82) is 0 Å². The SMILES string of the molecule is COc1ccc(F)cc1-c1cc(N)ccn1. The second-order valence-electron chi connectivity index (χ2n) is 3.32. The number of nitrogens with two attached hydrogens (primary N) is 1. The Morgan fingerprint density at radius 3 is 2.75 bits per heavy atom. The topological polar surface area (TPSA) is 48.1 Å². The number of rotatable bonds is 2. The summed E-state index contributed by atoms with van der Waals surface area (Å²) < 4.78 is 18.3. The molecule has 0 saturated carbocycles. The number of methoxy groups -OCH3 is 1. The van der Waals surface area contributed by atoms with Crippen LogP contribution in [-0.4, -0.2) is 12.1 Å². The molecule has 0 radical (unpaired) electrons. The Morgan fingerprint density at radius 2 is 2.06 bits per heavy atom. The Kier molecular flexibility index (Phi) is 2.72. The zero-order chi connectivity index (χ0) is 11.5. The van der Waals surface area contributed by atoms with Crippen LogP contribution in [0.5, 0.6) is 5.75 Å². The van der Waals surface area contributed by atoms with Gasteiger partial charge in [-0.15, -0.1) is 0 Å². The first kappa shape index (κ1) is 10.4. The van der Waals surface area contributed by atoms with Gasteiger partial charge in [0.25, 0.3) is 0 Å². The van der Waals surface area contributed by atoms with Gasteiger partial charge in [-0.1, -0.05) is 0 Å². The van der Waals surface area contributed by atoms with Gasteiger partial charge in [-0.05, 0) is 30.3 Å². The van der Waals surface area contributed by atoms with Gasteiger partial charge in [0.2, 0.25) is 0 Å². The Balaban J connectivity index is 2.58. The molecule has 0 aliphatic carbocycles. The molecule has 0 amide bonds. The average Bonchev–Trinajstić information content (AvgIpc) is 2.29. The van der Waals surface area contributed by atoms with Gasteiger partial charge >= 0.3 is 0 Å². The molecule has 2 aromatic rings. The smallest absolute Gasteiger partial charge is 0.128 e. The fraction of sp³-hybridized carbons (Fsp3) is 0.0833. The fourth-order valence-corrected chi connectivity index (χ4v) is 1.47. The third kappa shape index (κ3) is 1.95. The van der Waals surface area contributed by atoms with E-state index in [2.05, 4.69) is 4.98 Å². The number of aromatic nitrogens is 1. The van der Waals surface area contributed by atoms with E-state index in [0.717, 1.165) is 0 Å². The third-order valence-corrected chi connectivity index (χ3v) is 2.22. The number of ether oxygens (including phenoxy) is 1. The summed E-state index contributed by atoms with van der Waals surface area (Å²) in [6.07, 6.45) is 1.58. The largest absolute Gasteiger partial charge is 0.496 e. The van der Waals surface area contributed by atoms with E-state index in [4.69, 9.17) is 10.5 Å². The molecule has 1 aromatic carbocycles. The summed E-state index contributed by atoms with van der Waals surface area (Å²) in [5.41, 5.74) is 7.42. The van der Waals surface area contributed by atoms with E-state index < -0.39 is 0 Å². The standard InChI is InChI=1S/C12H11FN2O/c1-16-12-3-2-8(13)6-10(12)11-7-9(14)4-5-15-11/h2-7H,1H3,(H2,14,15). The van der Waals surface area contributed by atoms with Gasteiger partial charge in [-0.3, -0.25) is 4.98 Å². The van der Waals surface area contributed by atoms with Gasteiger partial charge in [0.1, 0.15) is 11.6 Å². The molecule has 3 nitrogen and oxygen atoms in total. The molecule has 0 spiro atoms. The van der Waals surface area contributed by atoms with Crippen LogP contribution in [-0.2, 0) is 0 Å². The van der Waals surface area contributed by atoms with E-state index in [-0.39, 0.29) is 5.82 Å². The van der Waals surface area contributed by atoms with E-state index in [1.807, 2.05) is 0 Å². The minimum Gasteiger partial charge on any atom is -0.496 e. The number of nitrogen functional groups attached to an aromatic ring is 1. The first-order chi connectivity index (χ1) is 7.70. The van der Waals surface area contributed by atoms with Crippen LogP contribution >= 0.6 is 0 Å². The highest BCUT2D eigenvalue weighted by molar-refractivity contribution is 5.69. The van der Waals surface area contributed by atoms with E-state index in [1.54, 1.807) is 24.4 Å². The van der Waals surface area contributed by atoms with Crippen LogP contribution < -0.4 is 10.5 Å². The number of pyridine rings is 1. The lowest BCUT2D eigenvalue weighted by atomic mass is 10.1. The lowest BCUT2D eigenvalue weighted by Crippen LogP contribution is -1.93. The minimum absolute atomic E-state index is 0.333. The van der Waals surface area contributed by atoms with Gasteiger partial charge in [-0.2, -0.15) is 0 Å². The van der Waals surface area contributed by atoms with Crippen LogP contribution in [0.1, 0.15) is 0 Å². The number of hydrogen-bond donors (Lipinski definition) is 1. The van der Waals surface area contributed by atoms with Crippen molar-refractivity contribution in [2.24, 2.45) is 0 Å². The van der Waals surface area contributed by atoms with Crippen molar-refractivity contribution >= 4 is 5.69 Å². The highest BCUT2D eigenvalue weighted by Gasteiger charge is 2.08. The van der Waals surface area contributed by atoms with E-state index in [0.29, 0.717) is 22.7 Å². The van der Waals surface area contributed by atoms with Gasteiger partial charge in [0.15, 0.2) is 0 Å². The fourth-order valence-electron chi connectivity index (χ4n) is 1.47. The Labute approximate surface area is 92.7 Å². The van der Waals surface area contributed by atoms with Gasteiger partial charge < -0.3 is 10.5 Å². The molecule has 0 fully saturated rings. The van der Waals surface area contributed by atoms with Crippen LogP contribution in [0.25, 0.3) is 11.3 Å². The highest BCUT2D eigenvalue weighted by Crippen LogP contribution is 2.29. The molecule has 2 N–H and O–H groups in total. The molecule has 0 saturated heterocycles. The van der Waals surface area contributed by atoms with Gasteiger partial charge in [-0.25, -0.2) is 4.39 Å². The number of nitrogens with zero attached hydrogens (tertiary/aromatic N) is 1. The van der Waals surface area contributed by atoms with Crippen LogP contribution in [0, 0.1) is 5.82 Å². The van der Waals surface area contributed by atoms with E-state index in [1.165, 1.54) is 19.2 Å². The summed E-state index contributed by atoms with van der Waals surface area (Å²) in [4.78, 5) is 4.13. The molecule has 4 heteroatoms. The van der Waals surface area contributed by atoms with Gasteiger partial charge in [0.05, 0.1) is 12.8 Å². The molecule has 0 bridgehead atoms. The Hall–Kier alpha value is -2.10. The molecule has 82 valence electrons. The van der Waals surface area contributed by atoms with E-state index in [9.17, 15) is 4.39 Å². The normalized spacial score (nSPS) is 10.1. The van der Waals surface area contributed by atoms with Gasteiger partial charge in [0, 0.05) is 17.4 Å². The molecule has 0 aliphatic heterocycles. The lowest BCUT2D eigenvalue weighted by Gasteiger charge is -2.08. The summed E-state index contributed by atoms with van der Waals surface area (Å²) >= 11 is 0. The second kappa shape index (κ2) is 4.18. The molecule has 1 aromatic heterocycles. The maximum absolute atomic E-state index is 13.2. The first-order valence-electron chi connectivity index (χ1n) is 4.76. The monoisotopic (exact) mass is 218 g/mol. The molecular formula is C12H11FN2O. The Morgan fingerprint density at radius 1 is 1.25 bits per heavy atom. The summed E-state index contributed by atoms with van der Waals surface area (Å²) in [5.74, 6) is 0.236. The van der Waals surface area contributed by atoms with Crippen LogP contribution in [0.3, 0.4) is 0 Å². The zero-order valence-electron chi connectivity index (χ0n) is 8.77. The molecule has 0 unspecified atom stereocenters. The highest BCUT2D eigenvalue weighted by atomic mass is 19.1. The quantitative estimate of drug-likeness (QED) is 0.842. The molecule has 1 heterocycles. The second-order valence-corrected chi connectivity index (χ2v) is 3.32. The number of benzene rings is 1. The van der Waals surface area contributed by atoms with Crippen LogP contribution in [0.2, 0.25) is 0 Å². The average molecular weight is 218 g/mol. The molecular weight excluding hydrogens is 207 g/mol. The number of halogens is 1. The van der Waals surface area contributed by atoms with Crippen molar-refractivity contribution in [3.05, 3.63) is 42.3 Å². The van der Waals surface area contributed by atoms with Crippen molar-refractivity contribution in [2.75, 3.05) is 12.8 Å². The van der Waals surface area contributed by atoms with Crippen molar-refractivity contribution in [2.45, 2.75) is 0 Å². The third-order valence-electron chi connectivity index (χ3n) is 2.22. The van der Waals surface area contributed by atoms with Crippen molar-refractivity contribution in [3.8, 4) is 17.0 Å². The van der Waals surface area contributed by atoms with Crippen molar-refractivity contribution in [1.82, 2.24) is 4.98 Å². The first-order valence-corrected chi connectivity index (χ1v) is 4.76. The zero-order valence-corrected chi connectivity index (χ0v) is 8.77. The van der Waals surface area contributed by atoms with Crippen LogP contribution in [0.4, 0.5) is 10.1 Å². The molecule has 16 heavy (non-hydrogen) atoms. The summed E-state index contributed by atoms with van der Waals surface area (Å²) in [6.45, 7) is 0. The number of hydrogen-bond acceptors (Lipinski definition) is 3. The molecule has 2 rings (SSSR count). The predicted octanol–water partition coefficient (Wildman–Crippen LogP) is 2.48. The molecule has 0 aliphatic rings. The predicted molar refractivity (Wildman–Crippen MR) is 60.6 cm³/mol. The summed E-state index contributed by atoms with van der Waals surface area (Å²) in [7, 11) is 1.53. The summed E-state index contributed by atoms with van der Waals surface area (Å²) in [5, 5.41) is 0. The number of anilines is 1. The minimum atomic E-state index is -0.333.